The number of aromatic amines is 2. The Labute approximate surface area is 148 Å². The molecule has 2 heterocycles. The fourth-order valence-electron chi connectivity index (χ4n) is 3.31. The van der Waals surface area contributed by atoms with Crippen LogP contribution in [0.25, 0.3) is 21.8 Å². The van der Waals surface area contributed by atoms with Crippen LogP contribution in [0.4, 0.5) is 0 Å². The van der Waals surface area contributed by atoms with Crippen molar-refractivity contribution in [1.29, 1.82) is 0 Å². The third kappa shape index (κ3) is 2.47. The summed E-state index contributed by atoms with van der Waals surface area (Å²) in [7, 11) is 0. The number of carbonyl (C=O) groups is 1. The number of benzene rings is 2. The Morgan fingerprint density at radius 1 is 1.04 bits per heavy atom. The summed E-state index contributed by atoms with van der Waals surface area (Å²) in [5.41, 5.74) is 1.92. The monoisotopic (exact) mass is 347 g/mol. The topological polar surface area (TPSA) is 87.7 Å². The predicted molar refractivity (Wildman–Crippen MR) is 101 cm³/mol. The van der Waals surface area contributed by atoms with Crippen molar-refractivity contribution in [1.82, 2.24) is 14.5 Å². The van der Waals surface area contributed by atoms with Crippen LogP contribution in [-0.4, -0.2) is 20.3 Å². The zero-order chi connectivity index (χ0) is 18.3. The molecule has 6 heteroatoms. The average molecular weight is 347 g/mol. The van der Waals surface area contributed by atoms with E-state index in [0.717, 1.165) is 27.5 Å². The van der Waals surface area contributed by atoms with Gasteiger partial charge in [-0.25, -0.2) is 4.79 Å². The first-order valence-corrected chi connectivity index (χ1v) is 8.44. The Hall–Kier alpha value is -3.41. The average Bonchev–Trinajstić information content (AvgIpc) is 3.09. The zero-order valence-electron chi connectivity index (χ0n) is 14.2. The normalized spacial score (nSPS) is 11.3. The summed E-state index contributed by atoms with van der Waals surface area (Å²) in [6, 6.07) is 12.5. The second-order valence-electron chi connectivity index (χ2n) is 6.19. The van der Waals surface area contributed by atoms with Crippen LogP contribution >= 0.6 is 0 Å². The summed E-state index contributed by atoms with van der Waals surface area (Å²) in [5.74, 6) is -0.285. The van der Waals surface area contributed by atoms with Gasteiger partial charge in [-0.2, -0.15) is 0 Å². The van der Waals surface area contributed by atoms with Gasteiger partial charge in [0.2, 0.25) is 0 Å². The number of para-hydroxylation sites is 2. The van der Waals surface area contributed by atoms with E-state index in [0.29, 0.717) is 16.5 Å². The van der Waals surface area contributed by atoms with Gasteiger partial charge in [-0.05, 0) is 24.1 Å². The number of hydrogen-bond donors (Lipinski definition) is 2. The van der Waals surface area contributed by atoms with Gasteiger partial charge in [0.1, 0.15) is 0 Å². The van der Waals surface area contributed by atoms with Crippen LogP contribution in [0, 0.1) is 0 Å². The quantitative estimate of drug-likeness (QED) is 0.556. The second kappa shape index (κ2) is 6.15. The molecule has 0 aliphatic rings. The molecule has 130 valence electrons. The van der Waals surface area contributed by atoms with E-state index in [1.807, 2.05) is 25.1 Å². The number of nitrogens with zero attached hydrogens (tertiary/aromatic N) is 1. The van der Waals surface area contributed by atoms with Crippen molar-refractivity contribution < 1.29 is 4.79 Å². The van der Waals surface area contributed by atoms with Gasteiger partial charge in [0, 0.05) is 22.7 Å². The molecule has 2 aromatic heterocycles. The van der Waals surface area contributed by atoms with Crippen LogP contribution in [0.5, 0.6) is 0 Å². The highest BCUT2D eigenvalue weighted by Crippen LogP contribution is 2.22. The lowest BCUT2D eigenvalue weighted by molar-refractivity contribution is 0.0971. The molecule has 0 aliphatic carbocycles. The third-order valence-corrected chi connectivity index (χ3v) is 4.67. The van der Waals surface area contributed by atoms with Crippen molar-refractivity contribution in [2.75, 3.05) is 0 Å². The van der Waals surface area contributed by atoms with Crippen LogP contribution < -0.4 is 11.2 Å². The molecule has 6 nitrogen and oxygen atoms in total. The number of carbonyl (C=O) groups excluding carboxylic acids is 1. The van der Waals surface area contributed by atoms with E-state index in [1.54, 1.807) is 30.5 Å². The van der Waals surface area contributed by atoms with E-state index < -0.39 is 11.2 Å². The summed E-state index contributed by atoms with van der Waals surface area (Å²) in [6.45, 7) is 1.74. The first-order chi connectivity index (χ1) is 12.6. The smallest absolute Gasteiger partial charge is 0.329 e. The molecule has 2 N–H and O–H groups in total. The molecule has 0 unspecified atom stereocenters. The lowest BCUT2D eigenvalue weighted by Crippen LogP contribution is -2.37. The van der Waals surface area contributed by atoms with E-state index in [-0.39, 0.29) is 12.3 Å². The van der Waals surface area contributed by atoms with E-state index in [9.17, 15) is 14.4 Å². The first kappa shape index (κ1) is 16.1. The fourth-order valence-corrected chi connectivity index (χ4v) is 3.31. The van der Waals surface area contributed by atoms with Crippen LogP contribution in [-0.2, 0) is 13.0 Å². The fraction of sp³-hybridized carbons (Fsp3) is 0.150. The molecule has 0 saturated heterocycles. The molecule has 2 aromatic carbocycles. The van der Waals surface area contributed by atoms with Crippen molar-refractivity contribution in [3.8, 4) is 0 Å². The Morgan fingerprint density at radius 3 is 2.62 bits per heavy atom. The Morgan fingerprint density at radius 2 is 1.81 bits per heavy atom. The summed E-state index contributed by atoms with van der Waals surface area (Å²) < 4.78 is 0.952. The molecule has 4 aromatic rings. The Balaban J connectivity index is 1.79. The standard InChI is InChI=1S/C20H17N3O3/c1-2-12-6-5-8-13-15(10-21-18(12)13)17(24)11-23-19(25)14-7-3-4-9-16(14)22-20(23)26/h3-10,21H,2,11H2,1H3,(H,22,26). The first-order valence-electron chi connectivity index (χ1n) is 8.44. The molecule has 0 aliphatic heterocycles. The number of aryl methyl sites for hydroxylation is 1. The molecule has 26 heavy (non-hydrogen) atoms. The summed E-state index contributed by atoms with van der Waals surface area (Å²) >= 11 is 0. The number of H-pyrrole nitrogens is 2. The van der Waals surface area contributed by atoms with Crippen LogP contribution in [0.15, 0.2) is 58.3 Å². The van der Waals surface area contributed by atoms with Crippen molar-refractivity contribution in [3.63, 3.8) is 0 Å². The lowest BCUT2D eigenvalue weighted by Gasteiger charge is -2.06. The summed E-state index contributed by atoms with van der Waals surface area (Å²) in [5, 5.41) is 1.19. The molecule has 0 saturated carbocycles. The van der Waals surface area contributed by atoms with E-state index in [2.05, 4.69) is 9.97 Å². The molecule has 0 spiro atoms. The maximum Gasteiger partial charge on any atom is 0.329 e. The number of rotatable bonds is 4. The van der Waals surface area contributed by atoms with Crippen molar-refractivity contribution in [2.24, 2.45) is 0 Å². The summed E-state index contributed by atoms with van der Waals surface area (Å²) in [4.78, 5) is 43.5. The van der Waals surface area contributed by atoms with E-state index >= 15 is 0 Å². The number of ketones is 1. The molecular weight excluding hydrogens is 330 g/mol. The summed E-state index contributed by atoms with van der Waals surface area (Å²) in [6.07, 6.45) is 2.49. The Kier molecular flexibility index (Phi) is 3.80. The molecule has 0 fully saturated rings. The van der Waals surface area contributed by atoms with Gasteiger partial charge in [0.05, 0.1) is 17.4 Å². The van der Waals surface area contributed by atoms with Gasteiger partial charge in [-0.15, -0.1) is 0 Å². The molecule has 0 bridgehead atoms. The molecule has 4 rings (SSSR count). The number of aromatic nitrogens is 3. The number of fused-ring (bicyclic) bond motifs is 2. The Bertz CT molecular complexity index is 1260. The maximum atomic E-state index is 12.8. The van der Waals surface area contributed by atoms with Gasteiger partial charge in [0.25, 0.3) is 5.56 Å². The SMILES string of the molecule is CCc1cccc2c(C(=O)Cn3c(=O)[nH]c4ccccc4c3=O)c[nH]c12. The maximum absolute atomic E-state index is 12.8. The minimum Gasteiger partial charge on any atom is -0.360 e. The molecular formula is C20H17N3O3. The van der Waals surface area contributed by atoms with Gasteiger partial charge >= 0.3 is 5.69 Å². The van der Waals surface area contributed by atoms with Crippen LogP contribution in [0.2, 0.25) is 0 Å². The molecule has 0 radical (unpaired) electrons. The molecule has 0 atom stereocenters. The van der Waals surface area contributed by atoms with Gasteiger partial charge < -0.3 is 9.97 Å². The van der Waals surface area contributed by atoms with E-state index in [4.69, 9.17) is 0 Å². The number of hydrogen-bond acceptors (Lipinski definition) is 3. The third-order valence-electron chi connectivity index (χ3n) is 4.67. The minimum atomic E-state index is -0.587. The van der Waals surface area contributed by atoms with Crippen LogP contribution in [0.1, 0.15) is 22.8 Å². The lowest BCUT2D eigenvalue weighted by atomic mass is 10.0. The minimum absolute atomic E-state index is 0.285. The van der Waals surface area contributed by atoms with Crippen molar-refractivity contribution in [2.45, 2.75) is 19.9 Å². The second-order valence-corrected chi connectivity index (χ2v) is 6.19. The highest BCUT2D eigenvalue weighted by atomic mass is 16.2. The number of Topliss-reactive ketones (excluding diaryl/α,β-unsaturated/α-hetero) is 1. The van der Waals surface area contributed by atoms with Crippen molar-refractivity contribution >= 4 is 27.6 Å². The highest BCUT2D eigenvalue weighted by molar-refractivity contribution is 6.08. The van der Waals surface area contributed by atoms with Gasteiger partial charge in [-0.3, -0.25) is 14.2 Å². The molecule has 0 amide bonds. The van der Waals surface area contributed by atoms with Gasteiger partial charge in [0.15, 0.2) is 5.78 Å². The number of nitrogens with one attached hydrogen (secondary N) is 2. The zero-order valence-corrected chi connectivity index (χ0v) is 14.2. The van der Waals surface area contributed by atoms with Crippen LogP contribution in [0.3, 0.4) is 0 Å². The predicted octanol–water partition coefficient (Wildman–Crippen LogP) is 2.62. The largest absolute Gasteiger partial charge is 0.360 e. The highest BCUT2D eigenvalue weighted by Gasteiger charge is 2.16. The van der Waals surface area contributed by atoms with Gasteiger partial charge in [-0.1, -0.05) is 37.3 Å². The van der Waals surface area contributed by atoms with E-state index in [1.165, 1.54) is 0 Å². The van der Waals surface area contributed by atoms with Crippen molar-refractivity contribution in [3.05, 3.63) is 80.6 Å².